The molecule has 4 nitrogen and oxygen atoms in total. The topological polar surface area (TPSA) is 50.4 Å². The van der Waals surface area contributed by atoms with Gasteiger partial charge >= 0.3 is 0 Å². The lowest BCUT2D eigenvalue weighted by atomic mass is 10.2. The van der Waals surface area contributed by atoms with Crippen molar-refractivity contribution >= 4 is 41.5 Å². The average molecular weight is 404 g/mol. The van der Waals surface area contributed by atoms with Crippen molar-refractivity contribution in [2.45, 2.75) is 26.3 Å². The van der Waals surface area contributed by atoms with Gasteiger partial charge < -0.3 is 4.74 Å². The average Bonchev–Trinajstić information content (AvgIpc) is 2.58. The van der Waals surface area contributed by atoms with E-state index >= 15 is 0 Å². The van der Waals surface area contributed by atoms with Gasteiger partial charge in [-0.05, 0) is 24.1 Å². The number of rotatable bonds is 8. The molecule has 2 aromatic carbocycles. The maximum Gasteiger partial charge on any atom is 0.265 e. The number of ether oxygens (including phenoxy) is 1. The minimum absolute atomic E-state index is 0. The van der Waals surface area contributed by atoms with Crippen LogP contribution in [-0.2, 0) is 6.54 Å². The van der Waals surface area contributed by atoms with Crippen LogP contribution in [0.3, 0.4) is 0 Å². The molecule has 0 saturated carbocycles. The van der Waals surface area contributed by atoms with Gasteiger partial charge in [0.05, 0.1) is 16.7 Å². The molecule has 0 bridgehead atoms. The third-order valence-corrected chi connectivity index (χ3v) is 3.90. The van der Waals surface area contributed by atoms with Gasteiger partial charge in [-0.2, -0.15) is 0 Å². The van der Waals surface area contributed by atoms with Crippen molar-refractivity contribution in [3.8, 4) is 5.75 Å². The van der Waals surface area contributed by atoms with E-state index in [0.717, 1.165) is 18.4 Å². The van der Waals surface area contributed by atoms with Gasteiger partial charge in [0.2, 0.25) is 0 Å². The highest BCUT2D eigenvalue weighted by Gasteiger charge is 2.14. The number of nitrogens with one attached hydrogen (secondary N) is 2. The Morgan fingerprint density at radius 1 is 1.12 bits per heavy atom. The van der Waals surface area contributed by atoms with Gasteiger partial charge in [0.25, 0.3) is 5.91 Å². The van der Waals surface area contributed by atoms with Crippen LogP contribution in [0.25, 0.3) is 0 Å². The monoisotopic (exact) mass is 402 g/mol. The third-order valence-electron chi connectivity index (χ3n) is 3.34. The number of hydrazine groups is 1. The van der Waals surface area contributed by atoms with Crippen molar-refractivity contribution in [1.29, 1.82) is 0 Å². The molecule has 0 aromatic heterocycles. The van der Waals surface area contributed by atoms with Gasteiger partial charge in [-0.3, -0.25) is 10.2 Å². The quantitative estimate of drug-likeness (QED) is 0.480. The molecule has 0 atom stereocenters. The van der Waals surface area contributed by atoms with Crippen LogP contribution in [0.4, 0.5) is 0 Å². The number of hydrogen-bond donors (Lipinski definition) is 2. The van der Waals surface area contributed by atoms with E-state index in [1.54, 1.807) is 12.1 Å². The summed E-state index contributed by atoms with van der Waals surface area (Å²) in [6.07, 6.45) is 1.93. The van der Waals surface area contributed by atoms with Crippen LogP contribution in [0.1, 0.15) is 35.7 Å². The van der Waals surface area contributed by atoms with Crippen molar-refractivity contribution in [3.63, 3.8) is 0 Å². The van der Waals surface area contributed by atoms with Crippen LogP contribution in [-0.4, -0.2) is 12.5 Å². The lowest BCUT2D eigenvalue weighted by Gasteiger charge is -2.12. The molecule has 0 fully saturated rings. The minimum Gasteiger partial charge on any atom is -0.490 e. The molecule has 2 rings (SSSR count). The van der Waals surface area contributed by atoms with E-state index < -0.39 is 0 Å². The Hall–Kier alpha value is -1.46. The Morgan fingerprint density at radius 3 is 2.36 bits per heavy atom. The number of halogens is 3. The summed E-state index contributed by atoms with van der Waals surface area (Å²) in [7, 11) is 0. The maximum atomic E-state index is 12.2. The summed E-state index contributed by atoms with van der Waals surface area (Å²) >= 11 is 12.4. The number of benzene rings is 2. The van der Waals surface area contributed by atoms with Crippen molar-refractivity contribution < 1.29 is 9.53 Å². The van der Waals surface area contributed by atoms with Gasteiger partial charge in [0.15, 0.2) is 5.75 Å². The Balaban J connectivity index is 0.00000312. The molecule has 0 aliphatic heterocycles. The molecule has 2 aromatic rings. The highest BCUT2D eigenvalue weighted by molar-refractivity contribution is 6.37. The van der Waals surface area contributed by atoms with E-state index in [-0.39, 0.29) is 18.3 Å². The predicted molar refractivity (Wildman–Crippen MR) is 105 cm³/mol. The Kier molecular flexibility index (Phi) is 9.68. The van der Waals surface area contributed by atoms with Gasteiger partial charge in [-0.15, -0.1) is 12.4 Å². The van der Waals surface area contributed by atoms with Gasteiger partial charge in [-0.25, -0.2) is 5.43 Å². The predicted octanol–water partition coefficient (Wildman–Crippen LogP) is 5.03. The molecular formula is C18H21Cl3N2O2. The minimum atomic E-state index is -0.310. The standard InChI is InChI=1S/C18H20Cl2N2O2.ClH/c1-2-3-9-24-17-15(19)10-14(11-16(17)20)18(23)22-21-12-13-7-5-4-6-8-13;/h4-8,10-11,21H,2-3,9,12H2,1H3,(H,22,23);1H. The summed E-state index contributed by atoms with van der Waals surface area (Å²) in [5.41, 5.74) is 6.94. The van der Waals surface area contributed by atoms with E-state index in [1.807, 2.05) is 30.3 Å². The summed E-state index contributed by atoms with van der Waals surface area (Å²) in [5, 5.41) is 0.652. The zero-order chi connectivity index (χ0) is 17.4. The number of unbranched alkanes of at least 4 members (excludes halogenated alkanes) is 1. The fraction of sp³-hybridized carbons (Fsp3) is 0.278. The summed E-state index contributed by atoms with van der Waals surface area (Å²) < 4.78 is 5.57. The Bertz CT molecular complexity index is 658. The van der Waals surface area contributed by atoms with Gasteiger partial charge in [-0.1, -0.05) is 66.9 Å². The summed E-state index contributed by atoms with van der Waals surface area (Å²) in [6, 6.07) is 12.9. The van der Waals surface area contributed by atoms with E-state index in [4.69, 9.17) is 27.9 Å². The van der Waals surface area contributed by atoms with Crippen molar-refractivity contribution in [2.24, 2.45) is 0 Å². The molecule has 0 radical (unpaired) electrons. The fourth-order valence-electron chi connectivity index (χ4n) is 2.04. The molecule has 1 amide bonds. The normalized spacial score (nSPS) is 10.0. The first-order valence-electron chi connectivity index (χ1n) is 7.80. The van der Waals surface area contributed by atoms with Crippen LogP contribution in [0.2, 0.25) is 10.0 Å². The Morgan fingerprint density at radius 2 is 1.76 bits per heavy atom. The van der Waals surface area contributed by atoms with Crippen molar-refractivity contribution in [2.75, 3.05) is 6.61 Å². The number of amides is 1. The molecule has 0 spiro atoms. The number of carbonyl (C=O) groups is 1. The van der Waals surface area contributed by atoms with Crippen LogP contribution in [0, 0.1) is 0 Å². The first kappa shape index (κ1) is 21.6. The smallest absolute Gasteiger partial charge is 0.265 e. The van der Waals surface area contributed by atoms with Crippen LogP contribution >= 0.6 is 35.6 Å². The molecule has 0 aliphatic carbocycles. The van der Waals surface area contributed by atoms with Gasteiger partial charge in [0.1, 0.15) is 0 Å². The highest BCUT2D eigenvalue weighted by Crippen LogP contribution is 2.34. The van der Waals surface area contributed by atoms with Crippen LogP contribution in [0.15, 0.2) is 42.5 Å². The van der Waals surface area contributed by atoms with E-state index in [2.05, 4.69) is 17.8 Å². The number of carbonyl (C=O) groups excluding carboxylic acids is 1. The summed E-state index contributed by atoms with van der Waals surface area (Å²) in [5.74, 6) is 0.107. The first-order chi connectivity index (χ1) is 11.6. The van der Waals surface area contributed by atoms with E-state index in [0.29, 0.717) is 34.5 Å². The highest BCUT2D eigenvalue weighted by atomic mass is 35.5. The molecule has 0 aliphatic rings. The molecule has 7 heteroatoms. The van der Waals surface area contributed by atoms with Crippen molar-refractivity contribution in [3.05, 3.63) is 63.6 Å². The molecule has 0 heterocycles. The molecule has 0 unspecified atom stereocenters. The van der Waals surface area contributed by atoms with E-state index in [9.17, 15) is 4.79 Å². The van der Waals surface area contributed by atoms with Gasteiger partial charge in [0, 0.05) is 12.1 Å². The van der Waals surface area contributed by atoms with Crippen LogP contribution in [0.5, 0.6) is 5.75 Å². The molecule has 25 heavy (non-hydrogen) atoms. The molecule has 0 saturated heterocycles. The second-order valence-corrected chi connectivity index (χ2v) is 6.08. The second-order valence-electron chi connectivity index (χ2n) is 5.26. The summed E-state index contributed by atoms with van der Waals surface area (Å²) in [6.45, 7) is 3.13. The molecule has 2 N–H and O–H groups in total. The summed E-state index contributed by atoms with van der Waals surface area (Å²) in [4.78, 5) is 12.2. The maximum absolute atomic E-state index is 12.2. The van der Waals surface area contributed by atoms with Crippen LogP contribution < -0.4 is 15.6 Å². The zero-order valence-electron chi connectivity index (χ0n) is 13.9. The molecule has 136 valence electrons. The number of hydrogen-bond acceptors (Lipinski definition) is 3. The zero-order valence-corrected chi connectivity index (χ0v) is 16.2. The molecular weight excluding hydrogens is 383 g/mol. The fourth-order valence-corrected chi connectivity index (χ4v) is 2.64. The van der Waals surface area contributed by atoms with Crippen molar-refractivity contribution in [1.82, 2.24) is 10.9 Å². The Labute approximate surface area is 164 Å². The largest absolute Gasteiger partial charge is 0.490 e. The lowest BCUT2D eigenvalue weighted by molar-refractivity contribution is 0.0932. The third kappa shape index (κ3) is 6.75. The second kappa shape index (κ2) is 11.2. The van der Waals surface area contributed by atoms with E-state index in [1.165, 1.54) is 0 Å². The first-order valence-corrected chi connectivity index (χ1v) is 8.56. The SMILES string of the molecule is CCCCOc1c(Cl)cc(C(=O)NNCc2ccccc2)cc1Cl.Cl. The lowest BCUT2D eigenvalue weighted by Crippen LogP contribution is -2.36.